The van der Waals surface area contributed by atoms with E-state index in [1.54, 1.807) is 31.3 Å². The fourth-order valence-corrected chi connectivity index (χ4v) is 4.12. The normalized spacial score (nSPS) is 19.4. The Hall–Kier alpha value is -3.94. The van der Waals surface area contributed by atoms with E-state index in [0.29, 0.717) is 5.56 Å². The van der Waals surface area contributed by atoms with Crippen molar-refractivity contribution in [3.8, 4) is 0 Å². The first-order valence-corrected chi connectivity index (χ1v) is 8.97. The van der Waals surface area contributed by atoms with Gasteiger partial charge in [-0.15, -0.1) is 0 Å². The van der Waals surface area contributed by atoms with Crippen LogP contribution in [0.3, 0.4) is 0 Å². The smallest absolute Gasteiger partial charge is 0.341 e. The topological polar surface area (TPSA) is 101 Å². The van der Waals surface area contributed by atoms with Crippen LogP contribution in [0.5, 0.6) is 0 Å². The van der Waals surface area contributed by atoms with E-state index in [-0.39, 0.29) is 23.5 Å². The summed E-state index contributed by atoms with van der Waals surface area (Å²) < 4.78 is 6.87. The van der Waals surface area contributed by atoms with Gasteiger partial charge < -0.3 is 9.64 Å². The van der Waals surface area contributed by atoms with Crippen LogP contribution >= 0.6 is 0 Å². The number of Topliss-reactive ketones (excluding diaryl/α,β-unsaturated/α-hetero) is 1. The summed E-state index contributed by atoms with van der Waals surface area (Å²) in [5.41, 5.74) is -2.02. The molecule has 0 saturated carbocycles. The number of ether oxygens (including phenoxy) is 1. The summed E-state index contributed by atoms with van der Waals surface area (Å²) in [6, 6.07) is 15.7. The minimum atomic E-state index is -1.80. The van der Waals surface area contributed by atoms with Gasteiger partial charge in [0.05, 0.1) is 12.1 Å². The summed E-state index contributed by atoms with van der Waals surface area (Å²) >= 11 is 0. The Labute approximate surface area is 164 Å². The highest BCUT2D eigenvalue weighted by Crippen LogP contribution is 2.48. The summed E-state index contributed by atoms with van der Waals surface area (Å²) in [7, 11) is 1.54. The number of hydrogen-bond acceptors (Lipinski definition) is 6. The van der Waals surface area contributed by atoms with E-state index < -0.39 is 28.7 Å². The van der Waals surface area contributed by atoms with Crippen molar-refractivity contribution in [1.82, 2.24) is 9.55 Å². The van der Waals surface area contributed by atoms with Crippen LogP contribution in [0, 0.1) is 0 Å². The zero-order valence-electron chi connectivity index (χ0n) is 15.3. The second kappa shape index (κ2) is 5.78. The van der Waals surface area contributed by atoms with Gasteiger partial charge in [-0.25, -0.2) is 9.59 Å². The number of carbonyl (C=O) groups is 2. The maximum absolute atomic E-state index is 13.4. The number of anilines is 1. The van der Waals surface area contributed by atoms with Crippen LogP contribution in [-0.4, -0.2) is 28.4 Å². The molecule has 0 fully saturated rings. The molecular weight excluding hydrogens is 374 g/mol. The third kappa shape index (κ3) is 2.13. The summed E-state index contributed by atoms with van der Waals surface area (Å²) in [6.07, 6.45) is 0. The number of esters is 1. The molecule has 1 unspecified atom stereocenters. The number of carbonyl (C=O) groups excluding carboxylic acids is 2. The van der Waals surface area contributed by atoms with Crippen LogP contribution in [0.2, 0.25) is 0 Å². The molecule has 5 rings (SSSR count). The number of aromatic nitrogens is 2. The molecule has 0 aliphatic carbocycles. The van der Waals surface area contributed by atoms with Gasteiger partial charge in [-0.2, -0.15) is 0 Å². The van der Waals surface area contributed by atoms with Crippen molar-refractivity contribution in [2.75, 3.05) is 11.9 Å². The number of nitrogens with one attached hydrogen (secondary N) is 1. The molecule has 3 heterocycles. The zero-order chi connectivity index (χ0) is 20.3. The number of rotatable bonds is 2. The minimum Gasteiger partial charge on any atom is -0.423 e. The van der Waals surface area contributed by atoms with Crippen LogP contribution in [-0.2, 0) is 17.0 Å². The van der Waals surface area contributed by atoms with Gasteiger partial charge in [0, 0.05) is 12.6 Å². The number of hydrogen-bond donors (Lipinski definition) is 1. The number of benzene rings is 2. The molecule has 1 spiro atoms. The van der Waals surface area contributed by atoms with Crippen molar-refractivity contribution in [2.24, 2.45) is 0 Å². The molecule has 8 nitrogen and oxygen atoms in total. The van der Waals surface area contributed by atoms with Crippen LogP contribution in [0.25, 0.3) is 0 Å². The third-order valence-electron chi connectivity index (χ3n) is 5.43. The third-order valence-corrected chi connectivity index (χ3v) is 5.43. The van der Waals surface area contributed by atoms with Gasteiger partial charge in [-0.3, -0.25) is 19.1 Å². The van der Waals surface area contributed by atoms with Gasteiger partial charge in [0.2, 0.25) is 5.78 Å². The molecule has 1 aromatic heterocycles. The Bertz CT molecular complexity index is 1310. The number of aromatic amines is 1. The SMILES string of the molecule is CN1c2c(c(=O)[nH]c(=O)n2Cc2ccccc2)C(=O)C12OC(=O)c1ccccc12. The van der Waals surface area contributed by atoms with E-state index in [1.165, 1.54) is 9.47 Å². The highest BCUT2D eigenvalue weighted by atomic mass is 16.6. The van der Waals surface area contributed by atoms with E-state index in [9.17, 15) is 19.2 Å². The lowest BCUT2D eigenvalue weighted by Gasteiger charge is -2.31. The summed E-state index contributed by atoms with van der Waals surface area (Å²) in [6.45, 7) is 0.141. The Morgan fingerprint density at radius 2 is 1.66 bits per heavy atom. The van der Waals surface area contributed by atoms with Crippen molar-refractivity contribution in [1.29, 1.82) is 0 Å². The fourth-order valence-electron chi connectivity index (χ4n) is 4.12. The molecular formula is C21H15N3O5. The number of H-pyrrole nitrogens is 1. The Morgan fingerprint density at radius 3 is 2.41 bits per heavy atom. The van der Waals surface area contributed by atoms with Crippen LogP contribution in [0.15, 0.2) is 64.2 Å². The molecule has 144 valence electrons. The lowest BCUT2D eigenvalue weighted by Crippen LogP contribution is -2.46. The average Bonchev–Trinajstić information content (AvgIpc) is 3.14. The molecule has 8 heteroatoms. The molecule has 0 bridgehead atoms. The van der Waals surface area contributed by atoms with Gasteiger partial charge in [-0.05, 0) is 11.6 Å². The maximum atomic E-state index is 13.4. The highest BCUT2D eigenvalue weighted by Gasteiger charge is 2.61. The second-order valence-electron chi connectivity index (χ2n) is 7.00. The van der Waals surface area contributed by atoms with Crippen LogP contribution in [0.1, 0.15) is 31.8 Å². The molecule has 0 saturated heterocycles. The predicted octanol–water partition coefficient (Wildman–Crippen LogP) is 1.24. The Kier molecular flexibility index (Phi) is 3.42. The summed E-state index contributed by atoms with van der Waals surface area (Å²) in [4.78, 5) is 54.7. The van der Waals surface area contributed by atoms with Crippen molar-refractivity contribution in [3.63, 3.8) is 0 Å². The molecule has 2 aliphatic rings. The molecule has 2 aromatic carbocycles. The number of nitrogens with zero attached hydrogens (tertiary/aromatic N) is 2. The van der Waals surface area contributed by atoms with E-state index in [1.807, 2.05) is 30.3 Å². The van der Waals surface area contributed by atoms with E-state index >= 15 is 0 Å². The Morgan fingerprint density at radius 1 is 0.966 bits per heavy atom. The quantitative estimate of drug-likeness (QED) is 0.662. The van der Waals surface area contributed by atoms with Gasteiger partial charge >= 0.3 is 11.7 Å². The predicted molar refractivity (Wildman–Crippen MR) is 103 cm³/mol. The van der Waals surface area contributed by atoms with Gasteiger partial charge in [0.15, 0.2) is 0 Å². The average molecular weight is 389 g/mol. The maximum Gasteiger partial charge on any atom is 0.341 e. The van der Waals surface area contributed by atoms with Crippen LogP contribution < -0.4 is 16.1 Å². The van der Waals surface area contributed by atoms with Crippen LogP contribution in [0.4, 0.5) is 5.82 Å². The molecule has 0 amide bonds. The molecule has 0 radical (unpaired) electrons. The Balaban J connectivity index is 1.76. The van der Waals surface area contributed by atoms with Crippen molar-refractivity contribution >= 4 is 17.6 Å². The minimum absolute atomic E-state index is 0.122. The van der Waals surface area contributed by atoms with Gasteiger partial charge in [0.1, 0.15) is 11.4 Å². The molecule has 29 heavy (non-hydrogen) atoms. The summed E-state index contributed by atoms with van der Waals surface area (Å²) in [5, 5.41) is 0. The molecule has 1 N–H and O–H groups in total. The van der Waals surface area contributed by atoms with Crippen molar-refractivity contribution < 1.29 is 14.3 Å². The van der Waals surface area contributed by atoms with E-state index in [0.717, 1.165) is 5.56 Å². The van der Waals surface area contributed by atoms with Gasteiger partial charge in [-0.1, -0.05) is 48.5 Å². The first-order valence-electron chi connectivity index (χ1n) is 8.97. The fraction of sp³-hybridized carbons (Fsp3) is 0.143. The highest BCUT2D eigenvalue weighted by molar-refractivity contribution is 6.16. The second-order valence-corrected chi connectivity index (χ2v) is 7.00. The van der Waals surface area contributed by atoms with Crippen molar-refractivity contribution in [2.45, 2.75) is 12.3 Å². The van der Waals surface area contributed by atoms with E-state index in [2.05, 4.69) is 4.98 Å². The first kappa shape index (κ1) is 17.2. The number of ketones is 1. The van der Waals surface area contributed by atoms with Crippen molar-refractivity contribution in [3.05, 3.63) is 97.7 Å². The van der Waals surface area contributed by atoms with E-state index in [4.69, 9.17) is 4.74 Å². The number of fused-ring (bicyclic) bond motifs is 3. The van der Waals surface area contributed by atoms with Gasteiger partial charge in [0.25, 0.3) is 11.3 Å². The molecule has 3 aromatic rings. The number of likely N-dealkylation sites (N-methyl/N-ethyl adjacent to an activating group) is 1. The first-order chi connectivity index (χ1) is 13.9. The standard InChI is InChI=1S/C21H15N3O5/c1-23-18-15(16(25)21(23)14-10-6-5-9-13(14)19(27)29-21)17(26)22-20(28)24(18)11-12-7-3-2-4-8-12/h2-10H,11H2,1H3,(H,22,26,28). The largest absolute Gasteiger partial charge is 0.423 e. The summed E-state index contributed by atoms with van der Waals surface area (Å²) in [5.74, 6) is -1.20. The zero-order valence-corrected chi connectivity index (χ0v) is 15.3. The molecule has 1 atom stereocenters. The monoisotopic (exact) mass is 389 g/mol. The lowest BCUT2D eigenvalue weighted by atomic mass is 9.95. The lowest BCUT2D eigenvalue weighted by molar-refractivity contribution is 0.00183. The molecule has 2 aliphatic heterocycles.